The van der Waals surface area contributed by atoms with Crippen molar-refractivity contribution in [1.82, 2.24) is 4.90 Å². The second-order valence-electron chi connectivity index (χ2n) is 6.15. The van der Waals surface area contributed by atoms with Gasteiger partial charge in [0.2, 0.25) is 0 Å². The van der Waals surface area contributed by atoms with Gasteiger partial charge in [0.1, 0.15) is 0 Å². The SMILES string of the molecule is CCCN(CCC)C1CCc2cccc(C(=O)CC)c2C1.Cl. The van der Waals surface area contributed by atoms with Crippen LogP contribution >= 0.6 is 12.4 Å². The first kappa shape index (κ1) is 19.2. The Kier molecular flexibility index (Phi) is 8.13. The Balaban J connectivity index is 0.00000242. The summed E-state index contributed by atoms with van der Waals surface area (Å²) in [6.45, 7) is 8.83. The smallest absolute Gasteiger partial charge is 0.162 e. The van der Waals surface area contributed by atoms with Crippen molar-refractivity contribution in [2.75, 3.05) is 13.1 Å². The molecule has 0 saturated heterocycles. The van der Waals surface area contributed by atoms with Gasteiger partial charge in [-0.2, -0.15) is 0 Å². The lowest BCUT2D eigenvalue weighted by Crippen LogP contribution is -2.40. The van der Waals surface area contributed by atoms with E-state index >= 15 is 0 Å². The monoisotopic (exact) mass is 323 g/mol. The van der Waals surface area contributed by atoms with Crippen LogP contribution in [0, 0.1) is 0 Å². The summed E-state index contributed by atoms with van der Waals surface area (Å²) >= 11 is 0. The molecule has 1 atom stereocenters. The molecule has 124 valence electrons. The molecule has 22 heavy (non-hydrogen) atoms. The number of Topliss-reactive ketones (excluding diaryl/α,β-unsaturated/α-hetero) is 1. The van der Waals surface area contributed by atoms with Crippen LogP contribution < -0.4 is 0 Å². The van der Waals surface area contributed by atoms with Gasteiger partial charge in [-0.15, -0.1) is 12.4 Å². The highest BCUT2D eigenvalue weighted by molar-refractivity contribution is 5.97. The standard InChI is InChI=1S/C19H29NO.ClH/c1-4-12-20(13-5-2)16-11-10-15-8-7-9-17(18(15)14-16)19(21)6-3;/h7-9,16H,4-6,10-14H2,1-3H3;1H. The van der Waals surface area contributed by atoms with Gasteiger partial charge in [-0.3, -0.25) is 4.79 Å². The molecule has 0 N–H and O–H groups in total. The summed E-state index contributed by atoms with van der Waals surface area (Å²) in [7, 11) is 0. The number of benzene rings is 1. The van der Waals surface area contributed by atoms with Crippen LogP contribution in [0.4, 0.5) is 0 Å². The van der Waals surface area contributed by atoms with Crippen molar-refractivity contribution in [3.05, 3.63) is 34.9 Å². The van der Waals surface area contributed by atoms with E-state index in [2.05, 4.69) is 30.9 Å². The third kappa shape index (κ3) is 4.33. The molecule has 0 radical (unpaired) electrons. The quantitative estimate of drug-likeness (QED) is 0.679. The summed E-state index contributed by atoms with van der Waals surface area (Å²) in [6, 6.07) is 6.90. The van der Waals surface area contributed by atoms with Gasteiger partial charge >= 0.3 is 0 Å². The highest BCUT2D eigenvalue weighted by atomic mass is 35.5. The fourth-order valence-corrected chi connectivity index (χ4v) is 3.58. The largest absolute Gasteiger partial charge is 0.300 e. The first-order valence-electron chi connectivity index (χ1n) is 8.59. The molecule has 0 saturated carbocycles. The van der Waals surface area contributed by atoms with Gasteiger partial charge in [0.15, 0.2) is 5.78 Å². The van der Waals surface area contributed by atoms with Crippen LogP contribution in [0.2, 0.25) is 0 Å². The van der Waals surface area contributed by atoms with Crippen LogP contribution in [0.5, 0.6) is 0 Å². The molecule has 1 unspecified atom stereocenters. The molecule has 0 fully saturated rings. The molecule has 1 aliphatic rings. The number of hydrogen-bond donors (Lipinski definition) is 0. The molecule has 3 heteroatoms. The Labute approximate surface area is 141 Å². The minimum Gasteiger partial charge on any atom is -0.300 e. The maximum absolute atomic E-state index is 12.2. The highest BCUT2D eigenvalue weighted by Crippen LogP contribution is 2.28. The molecule has 1 aromatic rings. The average molecular weight is 324 g/mol. The number of aryl methyl sites for hydroxylation is 1. The molecule has 2 rings (SSSR count). The molecule has 2 nitrogen and oxygen atoms in total. The fourth-order valence-electron chi connectivity index (χ4n) is 3.58. The second-order valence-corrected chi connectivity index (χ2v) is 6.15. The summed E-state index contributed by atoms with van der Waals surface area (Å²) in [6.07, 6.45) is 6.43. The molecule has 0 spiro atoms. The average Bonchev–Trinajstić information content (AvgIpc) is 2.53. The number of ketones is 1. The molecule has 0 aliphatic heterocycles. The van der Waals surface area contributed by atoms with Gasteiger partial charge in [0.05, 0.1) is 0 Å². The van der Waals surface area contributed by atoms with Crippen molar-refractivity contribution >= 4 is 18.2 Å². The number of hydrogen-bond acceptors (Lipinski definition) is 2. The molecule has 0 aromatic heterocycles. The van der Waals surface area contributed by atoms with Crippen LogP contribution in [0.25, 0.3) is 0 Å². The Hall–Kier alpha value is -0.860. The van der Waals surface area contributed by atoms with Crippen molar-refractivity contribution in [3.63, 3.8) is 0 Å². The van der Waals surface area contributed by atoms with Gasteiger partial charge in [0, 0.05) is 18.0 Å². The van der Waals surface area contributed by atoms with Crippen LogP contribution in [0.1, 0.15) is 67.9 Å². The highest BCUT2D eigenvalue weighted by Gasteiger charge is 2.26. The fraction of sp³-hybridized carbons (Fsp3) is 0.632. The van der Waals surface area contributed by atoms with Crippen LogP contribution in [-0.4, -0.2) is 29.8 Å². The van der Waals surface area contributed by atoms with E-state index in [9.17, 15) is 4.79 Å². The maximum atomic E-state index is 12.2. The summed E-state index contributed by atoms with van der Waals surface area (Å²) in [5.41, 5.74) is 3.71. The van der Waals surface area contributed by atoms with Crippen LogP contribution in [-0.2, 0) is 12.8 Å². The zero-order valence-electron chi connectivity index (χ0n) is 14.2. The van der Waals surface area contributed by atoms with E-state index in [1.165, 1.54) is 43.5 Å². The van der Waals surface area contributed by atoms with E-state index < -0.39 is 0 Å². The van der Waals surface area contributed by atoms with Gasteiger partial charge in [0.25, 0.3) is 0 Å². The summed E-state index contributed by atoms with van der Waals surface area (Å²) in [5.74, 6) is 0.296. The predicted molar refractivity (Wildman–Crippen MR) is 96.3 cm³/mol. The Bertz CT molecular complexity index is 480. The van der Waals surface area contributed by atoms with Crippen LogP contribution in [0.3, 0.4) is 0 Å². The number of nitrogens with zero attached hydrogens (tertiary/aromatic N) is 1. The molecule has 0 heterocycles. The first-order valence-corrected chi connectivity index (χ1v) is 8.59. The van der Waals surface area contributed by atoms with Crippen molar-refractivity contribution in [1.29, 1.82) is 0 Å². The molecular formula is C19H30ClNO. The van der Waals surface area contributed by atoms with Gasteiger partial charge in [-0.1, -0.05) is 39.0 Å². The lowest BCUT2D eigenvalue weighted by Gasteiger charge is -2.35. The van der Waals surface area contributed by atoms with Gasteiger partial charge in [-0.05, 0) is 56.3 Å². The number of halogens is 1. The van der Waals surface area contributed by atoms with E-state index in [0.29, 0.717) is 18.2 Å². The molecule has 0 bridgehead atoms. The molecule has 0 amide bonds. The number of fused-ring (bicyclic) bond motifs is 1. The number of carbonyl (C=O) groups excluding carboxylic acids is 1. The lowest BCUT2D eigenvalue weighted by atomic mass is 9.83. The van der Waals surface area contributed by atoms with E-state index in [-0.39, 0.29) is 12.4 Å². The second kappa shape index (κ2) is 9.32. The minimum atomic E-state index is 0. The topological polar surface area (TPSA) is 20.3 Å². The lowest BCUT2D eigenvalue weighted by molar-refractivity contribution is 0.0985. The van der Waals surface area contributed by atoms with Gasteiger partial charge < -0.3 is 4.90 Å². The first-order chi connectivity index (χ1) is 10.2. The summed E-state index contributed by atoms with van der Waals surface area (Å²) < 4.78 is 0. The molecule has 1 aromatic carbocycles. The number of rotatable bonds is 7. The van der Waals surface area contributed by atoms with Crippen LogP contribution in [0.15, 0.2) is 18.2 Å². The minimum absolute atomic E-state index is 0. The van der Waals surface area contributed by atoms with Crippen molar-refractivity contribution in [2.24, 2.45) is 0 Å². The predicted octanol–water partition coefficient (Wildman–Crippen LogP) is 4.68. The Morgan fingerprint density at radius 3 is 2.45 bits per heavy atom. The Morgan fingerprint density at radius 2 is 1.86 bits per heavy atom. The zero-order chi connectivity index (χ0) is 15.2. The zero-order valence-corrected chi connectivity index (χ0v) is 15.0. The summed E-state index contributed by atoms with van der Waals surface area (Å²) in [4.78, 5) is 14.8. The van der Waals surface area contributed by atoms with Crippen molar-refractivity contribution < 1.29 is 4.79 Å². The van der Waals surface area contributed by atoms with Crippen molar-refractivity contribution in [2.45, 2.75) is 65.3 Å². The third-order valence-electron chi connectivity index (χ3n) is 4.62. The van der Waals surface area contributed by atoms with E-state index in [0.717, 1.165) is 18.4 Å². The normalized spacial score (nSPS) is 17.0. The maximum Gasteiger partial charge on any atom is 0.162 e. The van der Waals surface area contributed by atoms with E-state index in [4.69, 9.17) is 0 Å². The van der Waals surface area contributed by atoms with E-state index in [1.54, 1.807) is 0 Å². The molecule has 1 aliphatic carbocycles. The van der Waals surface area contributed by atoms with Crippen molar-refractivity contribution in [3.8, 4) is 0 Å². The Morgan fingerprint density at radius 1 is 1.18 bits per heavy atom. The van der Waals surface area contributed by atoms with Gasteiger partial charge in [-0.25, -0.2) is 0 Å². The third-order valence-corrected chi connectivity index (χ3v) is 4.62. The molecular weight excluding hydrogens is 294 g/mol. The summed E-state index contributed by atoms with van der Waals surface area (Å²) in [5, 5.41) is 0. The number of carbonyl (C=O) groups is 1. The van der Waals surface area contributed by atoms with E-state index in [1.807, 2.05) is 13.0 Å².